The summed E-state index contributed by atoms with van der Waals surface area (Å²) in [5.74, 6) is -0.357. The van der Waals surface area contributed by atoms with Crippen LogP contribution in [0.4, 0.5) is 4.39 Å². The van der Waals surface area contributed by atoms with Crippen LogP contribution in [0.25, 0.3) is 11.5 Å². The Bertz CT molecular complexity index is 933. The number of hydrogen-bond donors (Lipinski definition) is 1. The summed E-state index contributed by atoms with van der Waals surface area (Å²) in [6, 6.07) is 7.74. The summed E-state index contributed by atoms with van der Waals surface area (Å²) in [6.45, 7) is 2.45. The topological polar surface area (TPSA) is 77.2 Å². The molecule has 8 heteroatoms. The lowest BCUT2D eigenvalue weighted by Gasteiger charge is -2.17. The van der Waals surface area contributed by atoms with Crippen molar-refractivity contribution in [1.82, 2.24) is 15.3 Å². The Morgan fingerprint density at radius 1 is 1.31 bits per heavy atom. The fourth-order valence-electron chi connectivity index (χ4n) is 2.85. The Balaban J connectivity index is 1.53. The Morgan fingerprint density at radius 2 is 2.17 bits per heavy atom. The van der Waals surface area contributed by atoms with E-state index in [9.17, 15) is 9.18 Å². The van der Waals surface area contributed by atoms with E-state index in [4.69, 9.17) is 20.8 Å². The molecule has 1 N–H and O–H groups in total. The fraction of sp³-hybridized carbons (Fsp3) is 0.286. The molecule has 1 atom stereocenters. The van der Waals surface area contributed by atoms with E-state index >= 15 is 0 Å². The van der Waals surface area contributed by atoms with E-state index < -0.39 is 5.82 Å². The highest BCUT2D eigenvalue weighted by atomic mass is 35.5. The number of nitrogens with zero attached hydrogens (tertiary/aromatic N) is 2. The molecule has 0 fully saturated rings. The first-order valence-corrected chi connectivity index (χ1v) is 9.71. The Morgan fingerprint density at radius 3 is 2.86 bits per heavy atom. The number of benzene rings is 1. The van der Waals surface area contributed by atoms with E-state index in [0.717, 1.165) is 12.8 Å². The molecule has 2 aromatic heterocycles. The highest BCUT2D eigenvalue weighted by molar-refractivity contribution is 6.30. The molecule has 1 amide bonds. The molecule has 3 rings (SSSR count). The zero-order valence-corrected chi connectivity index (χ0v) is 16.7. The van der Waals surface area contributed by atoms with Crippen LogP contribution in [0.15, 0.2) is 53.4 Å². The predicted molar refractivity (Wildman–Crippen MR) is 107 cm³/mol. The first-order valence-electron chi connectivity index (χ1n) is 9.33. The summed E-state index contributed by atoms with van der Waals surface area (Å²) in [6.07, 6.45) is 6.48. The van der Waals surface area contributed by atoms with E-state index in [1.54, 1.807) is 18.2 Å². The molecule has 1 aromatic carbocycles. The minimum atomic E-state index is -0.560. The SMILES string of the molecule is CCC(CCCNC(=O)c1cccc(F)c1-c1ncco1)Oc1ccc(Cl)cn1. The van der Waals surface area contributed by atoms with Gasteiger partial charge in [0.15, 0.2) is 0 Å². The number of nitrogens with one attached hydrogen (secondary N) is 1. The van der Waals surface area contributed by atoms with Gasteiger partial charge in [-0.25, -0.2) is 14.4 Å². The number of carbonyl (C=O) groups is 1. The summed E-state index contributed by atoms with van der Waals surface area (Å²) >= 11 is 5.83. The molecule has 0 bridgehead atoms. The molecule has 0 aliphatic carbocycles. The molecule has 152 valence electrons. The molecule has 0 spiro atoms. The summed E-state index contributed by atoms with van der Waals surface area (Å²) in [7, 11) is 0. The number of carbonyl (C=O) groups excluding carboxylic acids is 1. The average molecular weight is 418 g/mol. The van der Waals surface area contributed by atoms with Crippen molar-refractivity contribution < 1.29 is 18.3 Å². The molecule has 29 heavy (non-hydrogen) atoms. The summed E-state index contributed by atoms with van der Waals surface area (Å²) < 4.78 is 25.2. The number of aromatic nitrogens is 2. The maximum absolute atomic E-state index is 14.2. The average Bonchev–Trinajstić information content (AvgIpc) is 3.25. The van der Waals surface area contributed by atoms with Crippen molar-refractivity contribution in [1.29, 1.82) is 0 Å². The normalized spacial score (nSPS) is 11.8. The van der Waals surface area contributed by atoms with Crippen LogP contribution in [0.5, 0.6) is 5.88 Å². The van der Waals surface area contributed by atoms with Crippen molar-refractivity contribution in [3.8, 4) is 17.3 Å². The molecular weight excluding hydrogens is 397 g/mol. The van der Waals surface area contributed by atoms with Gasteiger partial charge in [0.2, 0.25) is 11.8 Å². The molecular formula is C21H21ClFN3O3. The number of amides is 1. The zero-order valence-electron chi connectivity index (χ0n) is 15.9. The number of pyridine rings is 1. The quantitative estimate of drug-likeness (QED) is 0.501. The van der Waals surface area contributed by atoms with Crippen LogP contribution in [0.3, 0.4) is 0 Å². The highest BCUT2D eigenvalue weighted by Crippen LogP contribution is 2.25. The maximum Gasteiger partial charge on any atom is 0.252 e. The Kier molecular flexibility index (Phi) is 7.19. The molecule has 2 heterocycles. The summed E-state index contributed by atoms with van der Waals surface area (Å²) in [5, 5.41) is 3.37. The van der Waals surface area contributed by atoms with E-state index in [0.29, 0.717) is 23.9 Å². The van der Waals surface area contributed by atoms with Gasteiger partial charge in [0.05, 0.1) is 22.3 Å². The monoisotopic (exact) mass is 417 g/mol. The van der Waals surface area contributed by atoms with E-state index in [1.807, 2.05) is 6.92 Å². The third-order valence-electron chi connectivity index (χ3n) is 4.34. The maximum atomic E-state index is 14.2. The second-order valence-corrected chi connectivity index (χ2v) is 6.80. The van der Waals surface area contributed by atoms with Gasteiger partial charge in [-0.15, -0.1) is 0 Å². The van der Waals surface area contributed by atoms with Crippen molar-refractivity contribution in [3.63, 3.8) is 0 Å². The lowest BCUT2D eigenvalue weighted by atomic mass is 10.1. The van der Waals surface area contributed by atoms with Crippen LogP contribution >= 0.6 is 11.6 Å². The third-order valence-corrected chi connectivity index (χ3v) is 4.56. The lowest BCUT2D eigenvalue weighted by Crippen LogP contribution is -2.26. The van der Waals surface area contributed by atoms with Crippen molar-refractivity contribution in [3.05, 3.63) is 65.4 Å². The van der Waals surface area contributed by atoms with Gasteiger partial charge in [0.1, 0.15) is 18.2 Å². The number of rotatable bonds is 9. The summed E-state index contributed by atoms with van der Waals surface area (Å²) in [5.41, 5.74) is 0.236. The molecule has 0 saturated carbocycles. The van der Waals surface area contributed by atoms with Crippen molar-refractivity contribution >= 4 is 17.5 Å². The molecule has 6 nitrogen and oxygen atoms in total. The van der Waals surface area contributed by atoms with E-state index in [-0.39, 0.29) is 29.0 Å². The molecule has 0 saturated heterocycles. The number of hydrogen-bond acceptors (Lipinski definition) is 5. The standard InChI is InChI=1S/C21H21ClFN3O3/c1-2-15(29-18-9-8-14(22)13-26-18)5-4-10-24-20(27)16-6-3-7-17(23)19(16)21-25-11-12-28-21/h3,6-9,11-13,15H,2,4-5,10H2,1H3,(H,24,27). The highest BCUT2D eigenvalue weighted by Gasteiger charge is 2.19. The minimum Gasteiger partial charge on any atom is -0.474 e. The van der Waals surface area contributed by atoms with Gasteiger partial charge < -0.3 is 14.5 Å². The fourth-order valence-corrected chi connectivity index (χ4v) is 2.97. The second-order valence-electron chi connectivity index (χ2n) is 6.36. The second kappa shape index (κ2) is 10.0. The van der Waals surface area contributed by atoms with Gasteiger partial charge in [-0.05, 0) is 37.5 Å². The van der Waals surface area contributed by atoms with Crippen molar-refractivity contribution in [2.75, 3.05) is 6.54 Å². The van der Waals surface area contributed by atoms with E-state index in [2.05, 4.69) is 15.3 Å². The minimum absolute atomic E-state index is 0.0300. The van der Waals surface area contributed by atoms with Crippen LogP contribution in [0, 0.1) is 5.82 Å². The van der Waals surface area contributed by atoms with Crippen molar-refractivity contribution in [2.45, 2.75) is 32.3 Å². The molecule has 1 unspecified atom stereocenters. The van der Waals surface area contributed by atoms with Gasteiger partial charge in [-0.1, -0.05) is 24.6 Å². The van der Waals surface area contributed by atoms with Crippen LogP contribution in [-0.4, -0.2) is 28.5 Å². The molecule has 3 aromatic rings. The lowest BCUT2D eigenvalue weighted by molar-refractivity contribution is 0.0950. The molecule has 0 aliphatic heterocycles. The number of oxazole rings is 1. The molecule has 0 radical (unpaired) electrons. The van der Waals surface area contributed by atoms with Crippen LogP contribution in [0.1, 0.15) is 36.5 Å². The van der Waals surface area contributed by atoms with Gasteiger partial charge >= 0.3 is 0 Å². The van der Waals surface area contributed by atoms with Gasteiger partial charge in [0, 0.05) is 18.8 Å². The zero-order chi connectivity index (χ0) is 20.6. The van der Waals surface area contributed by atoms with Gasteiger partial charge in [-0.3, -0.25) is 4.79 Å². The Labute approximate surface area is 173 Å². The number of ether oxygens (including phenoxy) is 1. The Hall–Kier alpha value is -2.93. The van der Waals surface area contributed by atoms with Crippen molar-refractivity contribution in [2.24, 2.45) is 0 Å². The van der Waals surface area contributed by atoms with Crippen LogP contribution in [0.2, 0.25) is 5.02 Å². The van der Waals surface area contributed by atoms with E-state index in [1.165, 1.54) is 30.8 Å². The van der Waals surface area contributed by atoms with Gasteiger partial charge in [0.25, 0.3) is 5.91 Å². The predicted octanol–water partition coefficient (Wildman–Crippen LogP) is 4.90. The number of halogens is 2. The third kappa shape index (κ3) is 5.54. The summed E-state index contributed by atoms with van der Waals surface area (Å²) in [4.78, 5) is 20.6. The van der Waals surface area contributed by atoms with Gasteiger partial charge in [-0.2, -0.15) is 0 Å². The van der Waals surface area contributed by atoms with Crippen LogP contribution < -0.4 is 10.1 Å². The largest absolute Gasteiger partial charge is 0.474 e. The first kappa shape index (κ1) is 20.8. The first-order chi connectivity index (χ1) is 14.1. The van der Waals surface area contributed by atoms with Crippen LogP contribution in [-0.2, 0) is 0 Å². The smallest absolute Gasteiger partial charge is 0.252 e. The molecule has 0 aliphatic rings.